The molecule has 4 aliphatic rings. The van der Waals surface area contributed by atoms with E-state index in [9.17, 15) is 4.79 Å². The van der Waals surface area contributed by atoms with Crippen molar-refractivity contribution in [2.75, 3.05) is 31.1 Å². The monoisotopic (exact) mass is 341 g/mol. The van der Waals surface area contributed by atoms with E-state index >= 15 is 0 Å². The molecule has 6 rings (SSSR count). The van der Waals surface area contributed by atoms with Crippen LogP contribution in [0.5, 0.6) is 0 Å². The molecule has 6 heteroatoms. The highest BCUT2D eigenvalue weighted by Gasteiger charge is 2.55. The summed E-state index contributed by atoms with van der Waals surface area (Å²) in [5.74, 6) is 0.510. The first-order valence-corrected chi connectivity index (χ1v) is 9.33. The molecular weight excluding hydrogens is 322 g/mol. The maximum absolute atomic E-state index is 12.6. The van der Waals surface area contributed by atoms with Gasteiger partial charge >= 0.3 is 6.09 Å². The minimum absolute atomic E-state index is 0.188. The third-order valence-electron chi connectivity index (χ3n) is 5.62. The molecule has 4 saturated heterocycles. The van der Waals surface area contributed by atoms with Crippen LogP contribution in [0.2, 0.25) is 0 Å². The molecule has 0 radical (unpaired) electrons. The van der Waals surface area contributed by atoms with Gasteiger partial charge in [-0.2, -0.15) is 0 Å². The molecule has 24 heavy (non-hydrogen) atoms. The number of nitrogens with zero attached hydrogens (tertiary/aromatic N) is 3. The average molecular weight is 341 g/mol. The van der Waals surface area contributed by atoms with E-state index in [1.165, 1.54) is 0 Å². The lowest BCUT2D eigenvalue weighted by atomic mass is 9.75. The minimum atomic E-state index is -0.297. The average Bonchev–Trinajstić information content (AvgIpc) is 3.22. The number of ether oxygens (including phenoxy) is 1. The van der Waals surface area contributed by atoms with E-state index in [0.29, 0.717) is 12.5 Å². The largest absolute Gasteiger partial charge is 0.439 e. The van der Waals surface area contributed by atoms with Gasteiger partial charge in [0, 0.05) is 30.2 Å². The van der Waals surface area contributed by atoms with Gasteiger partial charge in [-0.15, -0.1) is 11.3 Å². The summed E-state index contributed by atoms with van der Waals surface area (Å²) in [5.41, 5.74) is 1.95. The summed E-state index contributed by atoms with van der Waals surface area (Å²) in [6.07, 6.45) is 5.69. The zero-order valence-electron chi connectivity index (χ0n) is 13.4. The summed E-state index contributed by atoms with van der Waals surface area (Å²) >= 11 is 1.60. The quantitative estimate of drug-likeness (QED) is 0.841. The Hall–Kier alpha value is -1.92. The van der Waals surface area contributed by atoms with Gasteiger partial charge in [-0.1, -0.05) is 0 Å². The highest BCUT2D eigenvalue weighted by Crippen LogP contribution is 2.44. The standard InChI is InChI=1S/C18H19N3O2S/c22-17-21(12-18(23-17)11-20-7-3-15(18)4-8-20)16-9-14(10-24-16)13-1-5-19-6-2-13/h1-2,5-6,9-10,15H,3-4,7-8,11-12H2/t18-/m0/s1. The molecular formula is C18H19N3O2S. The Bertz CT molecular complexity index is 770. The fraction of sp³-hybridized carbons (Fsp3) is 0.444. The topological polar surface area (TPSA) is 45.7 Å². The van der Waals surface area contributed by atoms with E-state index in [-0.39, 0.29) is 11.7 Å². The molecule has 1 atom stereocenters. The third kappa shape index (κ3) is 2.17. The van der Waals surface area contributed by atoms with Crippen LogP contribution in [-0.2, 0) is 4.74 Å². The minimum Gasteiger partial charge on any atom is -0.439 e. The Morgan fingerprint density at radius 3 is 2.67 bits per heavy atom. The molecule has 0 unspecified atom stereocenters. The highest BCUT2D eigenvalue weighted by molar-refractivity contribution is 7.14. The predicted octanol–water partition coefficient (Wildman–Crippen LogP) is 3.23. The lowest BCUT2D eigenvalue weighted by Crippen LogP contribution is -2.61. The highest BCUT2D eigenvalue weighted by atomic mass is 32.1. The molecule has 0 aliphatic carbocycles. The van der Waals surface area contributed by atoms with Crippen LogP contribution in [0.25, 0.3) is 11.1 Å². The van der Waals surface area contributed by atoms with Crippen molar-refractivity contribution >= 4 is 22.4 Å². The molecule has 0 saturated carbocycles. The maximum atomic E-state index is 12.6. The molecule has 124 valence electrons. The van der Waals surface area contributed by atoms with Crippen molar-refractivity contribution in [3.8, 4) is 11.1 Å². The summed E-state index contributed by atoms with van der Waals surface area (Å²) in [7, 11) is 0. The predicted molar refractivity (Wildman–Crippen MR) is 93.3 cm³/mol. The van der Waals surface area contributed by atoms with E-state index in [4.69, 9.17) is 4.74 Å². The van der Waals surface area contributed by atoms with Crippen LogP contribution in [0.15, 0.2) is 36.0 Å². The first kappa shape index (κ1) is 14.4. The Labute approximate surface area is 144 Å². The van der Waals surface area contributed by atoms with Crippen LogP contribution in [0.1, 0.15) is 12.8 Å². The fourth-order valence-corrected chi connectivity index (χ4v) is 5.26. The van der Waals surface area contributed by atoms with Crippen molar-refractivity contribution in [3.05, 3.63) is 36.0 Å². The molecule has 2 aromatic rings. The lowest BCUT2D eigenvalue weighted by molar-refractivity contribution is -0.0881. The number of pyridine rings is 1. The van der Waals surface area contributed by atoms with E-state index in [0.717, 1.165) is 48.6 Å². The van der Waals surface area contributed by atoms with Gasteiger partial charge in [0.2, 0.25) is 0 Å². The van der Waals surface area contributed by atoms with Crippen LogP contribution in [-0.4, -0.2) is 47.8 Å². The molecule has 0 N–H and O–H groups in total. The number of carbonyl (C=O) groups excluding carboxylic acids is 1. The zero-order chi connectivity index (χ0) is 16.1. The summed E-state index contributed by atoms with van der Waals surface area (Å²) in [4.78, 5) is 20.9. The number of thiophene rings is 1. The zero-order valence-corrected chi connectivity index (χ0v) is 14.2. The van der Waals surface area contributed by atoms with Gasteiger partial charge in [-0.05, 0) is 55.3 Å². The van der Waals surface area contributed by atoms with Gasteiger partial charge in [0.15, 0.2) is 0 Å². The Kier molecular flexibility index (Phi) is 3.18. The molecule has 2 aromatic heterocycles. The number of aromatic nitrogens is 1. The number of carbonyl (C=O) groups is 1. The SMILES string of the molecule is O=C1O[C@@]2(CN3CCC2CC3)CN1c1cc(-c2ccncc2)cs1. The van der Waals surface area contributed by atoms with Crippen LogP contribution >= 0.6 is 11.3 Å². The number of hydrogen-bond donors (Lipinski definition) is 0. The Balaban J connectivity index is 1.42. The van der Waals surface area contributed by atoms with Crippen molar-refractivity contribution < 1.29 is 9.53 Å². The van der Waals surface area contributed by atoms with Crippen molar-refractivity contribution in [1.82, 2.24) is 9.88 Å². The molecule has 1 spiro atoms. The smallest absolute Gasteiger partial charge is 0.415 e. The van der Waals surface area contributed by atoms with Gasteiger partial charge in [-0.3, -0.25) is 14.8 Å². The Morgan fingerprint density at radius 1 is 1.17 bits per heavy atom. The van der Waals surface area contributed by atoms with Crippen LogP contribution in [0, 0.1) is 5.92 Å². The van der Waals surface area contributed by atoms with Gasteiger partial charge in [0.1, 0.15) is 10.6 Å². The van der Waals surface area contributed by atoms with Crippen molar-refractivity contribution in [1.29, 1.82) is 0 Å². The van der Waals surface area contributed by atoms with Gasteiger partial charge in [0.25, 0.3) is 0 Å². The van der Waals surface area contributed by atoms with E-state index in [1.54, 1.807) is 23.7 Å². The second kappa shape index (κ2) is 5.29. The second-order valence-electron chi connectivity index (χ2n) is 6.98. The molecule has 5 nitrogen and oxygen atoms in total. The summed E-state index contributed by atoms with van der Waals surface area (Å²) < 4.78 is 5.95. The summed E-state index contributed by atoms with van der Waals surface area (Å²) in [6.45, 7) is 3.87. The summed E-state index contributed by atoms with van der Waals surface area (Å²) in [6, 6.07) is 6.06. The molecule has 4 aliphatic heterocycles. The van der Waals surface area contributed by atoms with Crippen LogP contribution < -0.4 is 4.90 Å². The van der Waals surface area contributed by atoms with Crippen molar-refractivity contribution in [2.24, 2.45) is 5.92 Å². The summed E-state index contributed by atoms with van der Waals surface area (Å²) in [5, 5.41) is 3.07. The van der Waals surface area contributed by atoms with Crippen molar-refractivity contribution in [3.63, 3.8) is 0 Å². The van der Waals surface area contributed by atoms with Crippen LogP contribution in [0.4, 0.5) is 9.80 Å². The fourth-order valence-electron chi connectivity index (χ4n) is 4.34. The molecule has 2 bridgehead atoms. The second-order valence-corrected chi connectivity index (χ2v) is 7.87. The van der Waals surface area contributed by atoms with Gasteiger partial charge in [0.05, 0.1) is 6.54 Å². The Morgan fingerprint density at radius 2 is 1.96 bits per heavy atom. The van der Waals surface area contributed by atoms with E-state index in [2.05, 4.69) is 21.3 Å². The number of fused-ring (bicyclic) bond motifs is 2. The maximum Gasteiger partial charge on any atom is 0.415 e. The van der Waals surface area contributed by atoms with E-state index in [1.807, 2.05) is 17.0 Å². The number of amides is 1. The van der Waals surface area contributed by atoms with Gasteiger partial charge < -0.3 is 4.74 Å². The number of piperidine rings is 3. The molecule has 4 fully saturated rings. The van der Waals surface area contributed by atoms with Crippen LogP contribution in [0.3, 0.4) is 0 Å². The number of anilines is 1. The third-order valence-corrected chi connectivity index (χ3v) is 6.58. The van der Waals surface area contributed by atoms with E-state index < -0.39 is 0 Å². The first-order valence-electron chi connectivity index (χ1n) is 8.45. The molecule has 6 heterocycles. The van der Waals surface area contributed by atoms with Crippen molar-refractivity contribution in [2.45, 2.75) is 18.4 Å². The van der Waals surface area contributed by atoms with Gasteiger partial charge in [-0.25, -0.2) is 4.79 Å². The molecule has 0 aromatic carbocycles. The molecule has 1 amide bonds. The number of hydrogen-bond acceptors (Lipinski definition) is 5. The normalized spacial score (nSPS) is 31.7. The number of rotatable bonds is 2. The lowest BCUT2D eigenvalue weighted by Gasteiger charge is -2.49. The first-order chi connectivity index (χ1) is 11.7.